The number of hydrogen-bond acceptors (Lipinski definition) is 13. The average molecular weight is 964 g/mol. The van der Waals surface area contributed by atoms with Gasteiger partial charge in [-0.1, -0.05) is 36.5 Å². The summed E-state index contributed by atoms with van der Waals surface area (Å²) in [4.78, 5) is 68.8. The SMILES string of the molecule is CCCCCOC(=O)COc1cc(N2C(=O)C3=C(CCCC3)C2=O)c(F)cc1Cl.CP(=O)(O)CCC(N)C(=O)O.CS(=O)(=O)c1cc(C(F)(F)F)ccc1C(=O)c1cnoc1C1CC1. The lowest BCUT2D eigenvalue weighted by Gasteiger charge is -2.18. The Morgan fingerprint density at radius 1 is 1.06 bits per heavy atom. The van der Waals surface area contributed by atoms with Crippen LogP contribution in [0.25, 0.3) is 0 Å². The Bertz CT molecular complexity index is 2420. The highest BCUT2D eigenvalue weighted by Crippen LogP contribution is 2.43. The van der Waals surface area contributed by atoms with Gasteiger partial charge in [0.15, 0.2) is 35.4 Å². The number of carboxylic acids is 1. The van der Waals surface area contributed by atoms with Crippen molar-refractivity contribution in [1.29, 1.82) is 0 Å². The number of amides is 2. The first kappa shape index (κ1) is 51.7. The molecule has 1 fully saturated rings. The maximum Gasteiger partial charge on any atom is 0.416 e. The molecule has 0 radical (unpaired) electrons. The van der Waals surface area contributed by atoms with Crippen LogP contribution >= 0.6 is 19.0 Å². The molecule has 6 rings (SSSR count). The molecule has 3 aromatic rings. The van der Waals surface area contributed by atoms with Crippen LogP contribution in [0.3, 0.4) is 0 Å². The number of ketones is 1. The van der Waals surface area contributed by atoms with Crippen molar-refractivity contribution in [2.75, 3.05) is 37.2 Å². The minimum atomic E-state index is -4.71. The predicted octanol–water partition coefficient (Wildman–Crippen LogP) is 7.23. The molecule has 0 saturated heterocycles. The summed E-state index contributed by atoms with van der Waals surface area (Å²) in [5.74, 6) is -3.87. The quantitative estimate of drug-likeness (QED) is 0.0320. The number of aliphatic carboxylic acids is 1. The Morgan fingerprint density at radius 3 is 2.22 bits per heavy atom. The summed E-state index contributed by atoms with van der Waals surface area (Å²) in [6.45, 7) is 3.11. The molecule has 1 aliphatic heterocycles. The van der Waals surface area contributed by atoms with Crippen LogP contribution in [-0.2, 0) is 44.5 Å². The van der Waals surface area contributed by atoms with Gasteiger partial charge in [-0.15, -0.1) is 0 Å². The first-order valence-electron chi connectivity index (χ1n) is 19.9. The molecule has 0 spiro atoms. The van der Waals surface area contributed by atoms with E-state index in [0.717, 1.165) is 68.2 Å². The van der Waals surface area contributed by atoms with Gasteiger partial charge in [-0.3, -0.25) is 23.7 Å². The fourth-order valence-electron chi connectivity index (χ4n) is 6.37. The third-order valence-electron chi connectivity index (χ3n) is 9.91. The van der Waals surface area contributed by atoms with Gasteiger partial charge >= 0.3 is 18.1 Å². The smallest absolute Gasteiger partial charge is 0.416 e. The molecule has 2 unspecified atom stereocenters. The second kappa shape index (κ2) is 21.8. The number of carbonyl (C=O) groups is 5. The molecule has 2 aromatic carbocycles. The summed E-state index contributed by atoms with van der Waals surface area (Å²) >= 11 is 6.02. The van der Waals surface area contributed by atoms with Crippen LogP contribution in [0, 0.1) is 5.82 Å². The van der Waals surface area contributed by atoms with Crippen molar-refractivity contribution < 1.29 is 78.5 Å². The summed E-state index contributed by atoms with van der Waals surface area (Å²) in [6, 6.07) is 3.16. The number of imide groups is 1. The lowest BCUT2D eigenvalue weighted by Crippen LogP contribution is -2.32. The van der Waals surface area contributed by atoms with E-state index >= 15 is 0 Å². The number of carboxylic acid groups (broad SMARTS) is 1. The number of esters is 1. The van der Waals surface area contributed by atoms with E-state index in [9.17, 15) is 54.5 Å². The molecule has 2 atom stereocenters. The van der Waals surface area contributed by atoms with Crippen molar-refractivity contribution in [2.24, 2.45) is 5.73 Å². The lowest BCUT2D eigenvalue weighted by molar-refractivity contribution is -0.146. The number of aromatic nitrogens is 1. The zero-order valence-electron chi connectivity index (χ0n) is 34.9. The molecule has 1 aromatic heterocycles. The van der Waals surface area contributed by atoms with E-state index < -0.39 is 81.8 Å². The van der Waals surface area contributed by atoms with Crippen LogP contribution in [0.2, 0.25) is 5.02 Å². The number of nitrogens with two attached hydrogens (primary N) is 1. The molecular formula is C41H47ClF4N3O13PS. The summed E-state index contributed by atoms with van der Waals surface area (Å²) < 4.78 is 103. The Morgan fingerprint density at radius 2 is 1.69 bits per heavy atom. The number of anilines is 1. The van der Waals surface area contributed by atoms with Crippen LogP contribution in [0.5, 0.6) is 5.75 Å². The van der Waals surface area contributed by atoms with E-state index in [-0.39, 0.29) is 46.1 Å². The summed E-state index contributed by atoms with van der Waals surface area (Å²) in [5.41, 5.74) is 4.40. The number of ether oxygens (including phenoxy) is 2. The number of hydrogen-bond donors (Lipinski definition) is 3. The molecule has 0 bridgehead atoms. The van der Waals surface area contributed by atoms with Crippen LogP contribution in [0.4, 0.5) is 23.2 Å². The molecule has 64 heavy (non-hydrogen) atoms. The highest BCUT2D eigenvalue weighted by atomic mass is 35.5. The van der Waals surface area contributed by atoms with Crippen molar-refractivity contribution in [3.05, 3.63) is 81.0 Å². The molecule has 16 nitrogen and oxygen atoms in total. The van der Waals surface area contributed by atoms with Gasteiger partial charge in [-0.2, -0.15) is 13.2 Å². The van der Waals surface area contributed by atoms with E-state index in [2.05, 4.69) is 5.16 Å². The second-order valence-corrected chi connectivity index (χ2v) is 20.2. The normalized spacial score (nSPS) is 16.4. The molecular weight excluding hydrogens is 917 g/mol. The number of carbonyl (C=O) groups excluding carboxylic acids is 4. The number of alkyl halides is 3. The molecule has 23 heteroatoms. The number of halogens is 5. The van der Waals surface area contributed by atoms with Gasteiger partial charge in [0.1, 0.15) is 17.6 Å². The van der Waals surface area contributed by atoms with Gasteiger partial charge in [-0.05, 0) is 75.6 Å². The van der Waals surface area contributed by atoms with Crippen molar-refractivity contribution in [1.82, 2.24) is 5.16 Å². The third kappa shape index (κ3) is 14.0. The summed E-state index contributed by atoms with van der Waals surface area (Å²) in [7, 11) is -7.14. The van der Waals surface area contributed by atoms with Crippen LogP contribution in [-0.4, -0.2) is 91.4 Å². The molecule has 350 valence electrons. The Kier molecular flexibility index (Phi) is 17.6. The van der Waals surface area contributed by atoms with E-state index in [4.69, 9.17) is 41.3 Å². The lowest BCUT2D eigenvalue weighted by atomic mass is 9.93. The zero-order valence-corrected chi connectivity index (χ0v) is 37.4. The minimum absolute atomic E-state index is 0.000883. The van der Waals surface area contributed by atoms with Crippen molar-refractivity contribution in [2.45, 2.75) is 94.2 Å². The van der Waals surface area contributed by atoms with Crippen LogP contribution in [0.1, 0.15) is 104 Å². The Hall–Kier alpha value is -4.95. The highest BCUT2D eigenvalue weighted by molar-refractivity contribution is 7.90. The topological polar surface area (TPSA) is 251 Å². The molecule has 3 aliphatic rings. The number of rotatable bonds is 16. The van der Waals surface area contributed by atoms with Gasteiger partial charge in [0.2, 0.25) is 0 Å². The average Bonchev–Trinajstić information content (AvgIpc) is 3.89. The van der Waals surface area contributed by atoms with E-state index in [0.29, 0.717) is 48.5 Å². The second-order valence-electron chi connectivity index (χ2n) is 15.3. The van der Waals surface area contributed by atoms with Crippen molar-refractivity contribution in [3.63, 3.8) is 0 Å². The first-order chi connectivity index (χ1) is 29.8. The highest BCUT2D eigenvalue weighted by Gasteiger charge is 2.41. The summed E-state index contributed by atoms with van der Waals surface area (Å²) in [6.07, 6.45) is 4.26. The largest absolute Gasteiger partial charge is 0.480 e. The fourth-order valence-corrected chi connectivity index (χ4v) is 8.24. The van der Waals surface area contributed by atoms with E-state index in [1.165, 1.54) is 18.9 Å². The van der Waals surface area contributed by atoms with E-state index in [1.54, 1.807) is 0 Å². The molecule has 2 heterocycles. The Labute approximate surface area is 370 Å². The summed E-state index contributed by atoms with van der Waals surface area (Å²) in [5, 5.41) is 11.8. The first-order valence-corrected chi connectivity index (χ1v) is 24.5. The number of nitrogens with zero attached hydrogens (tertiary/aromatic N) is 2. The van der Waals surface area contributed by atoms with Crippen LogP contribution < -0.4 is 15.4 Å². The van der Waals surface area contributed by atoms with Crippen LogP contribution in [0.15, 0.2) is 57.1 Å². The molecule has 4 N–H and O–H groups in total. The monoisotopic (exact) mass is 963 g/mol. The predicted molar refractivity (Wildman–Crippen MR) is 223 cm³/mol. The maximum absolute atomic E-state index is 14.5. The van der Waals surface area contributed by atoms with Crippen molar-refractivity contribution in [3.8, 4) is 5.75 Å². The number of benzene rings is 2. The molecule has 2 aliphatic carbocycles. The standard InChI is InChI=1S/C21H23ClFNO5.C15H12F3NO4S.C5H12NO4P/c1-2-3-6-9-28-19(25)12-29-18-11-17(16(23)10-15(18)22)24-20(26)13-7-4-5-8-14(13)21(24)27;1-24(21,22)12-6-9(15(16,17)18)4-5-10(12)13(20)11-7-19-23-14(11)8-2-3-8;1-11(9,10)3-2-4(6)5(7)8/h10-11H,2-9,12H2,1H3;4-8H,2-3H2,1H3;4H,2-3,6H2,1H3,(H,7,8)(H,9,10). The molecule has 2 amide bonds. The Balaban J connectivity index is 0.000000231. The van der Waals surface area contributed by atoms with Gasteiger partial charge in [0.25, 0.3) is 11.8 Å². The molecule has 1 saturated carbocycles. The van der Waals surface area contributed by atoms with Gasteiger partial charge in [-0.25, -0.2) is 22.5 Å². The fraction of sp³-hybridized carbons (Fsp3) is 0.463. The third-order valence-corrected chi connectivity index (χ3v) is 12.4. The van der Waals surface area contributed by atoms with Gasteiger partial charge < -0.3 is 29.7 Å². The zero-order chi connectivity index (χ0) is 47.7. The number of unbranched alkanes of at least 4 members (excludes halogenated alkanes) is 2. The maximum atomic E-state index is 14.5. The van der Waals surface area contributed by atoms with Gasteiger partial charge in [0, 0.05) is 47.8 Å². The number of sulfone groups is 1. The minimum Gasteiger partial charge on any atom is -0.480 e. The van der Waals surface area contributed by atoms with E-state index in [1.807, 2.05) is 6.92 Å². The van der Waals surface area contributed by atoms with Gasteiger partial charge in [0.05, 0.1) is 39.5 Å². The van der Waals surface area contributed by atoms with Crippen molar-refractivity contribution >= 4 is 64.0 Å².